The number of allylic oxidation sites excluding steroid dienone is 5. The van der Waals surface area contributed by atoms with Gasteiger partial charge in [-0.25, -0.2) is 0 Å². The maximum absolute atomic E-state index is 2.60. The summed E-state index contributed by atoms with van der Waals surface area (Å²) < 4.78 is 2.60. The molecule has 2 atom stereocenters. The van der Waals surface area contributed by atoms with Crippen molar-refractivity contribution in [2.75, 3.05) is 6.26 Å². The Hall–Kier alpha value is -4.79. The van der Waals surface area contributed by atoms with E-state index in [-0.39, 0.29) is 5.92 Å². The van der Waals surface area contributed by atoms with Crippen LogP contribution in [0.5, 0.6) is 0 Å². The summed E-state index contributed by atoms with van der Waals surface area (Å²) in [6, 6.07) is 44.7. The van der Waals surface area contributed by atoms with Gasteiger partial charge in [0.05, 0.1) is 5.52 Å². The third kappa shape index (κ3) is 5.07. The van der Waals surface area contributed by atoms with Gasteiger partial charge in [-0.3, -0.25) is 0 Å². The van der Waals surface area contributed by atoms with Crippen LogP contribution in [-0.2, 0) is 0 Å². The number of thioether (sulfide) groups is 1. The van der Waals surface area contributed by atoms with Crippen LogP contribution in [0.2, 0.25) is 0 Å². The number of fused-ring (bicyclic) bond motifs is 3. The normalized spacial score (nSPS) is 17.2. The summed E-state index contributed by atoms with van der Waals surface area (Å²) in [5, 5.41) is 1.35. The molecule has 1 aromatic heterocycles. The third-order valence-electron chi connectivity index (χ3n) is 9.67. The molecule has 0 spiro atoms. The maximum atomic E-state index is 2.60. The van der Waals surface area contributed by atoms with E-state index in [0.29, 0.717) is 5.92 Å². The van der Waals surface area contributed by atoms with E-state index in [9.17, 15) is 0 Å². The van der Waals surface area contributed by atoms with Crippen molar-refractivity contribution in [1.29, 1.82) is 0 Å². The Balaban J connectivity index is 1.29. The summed E-state index contributed by atoms with van der Waals surface area (Å²) in [7, 11) is 0. The number of hydrogen-bond acceptors (Lipinski definition) is 1. The van der Waals surface area contributed by atoms with Gasteiger partial charge < -0.3 is 4.57 Å². The van der Waals surface area contributed by atoms with Crippen LogP contribution in [0.1, 0.15) is 48.4 Å². The highest BCUT2D eigenvalue weighted by atomic mass is 32.2. The Kier molecular flexibility index (Phi) is 7.60. The highest BCUT2D eigenvalue weighted by Gasteiger charge is 2.29. The van der Waals surface area contributed by atoms with E-state index in [1.165, 1.54) is 71.7 Å². The van der Waals surface area contributed by atoms with Gasteiger partial charge in [-0.15, -0.1) is 11.8 Å². The molecular weight excluding hydrogens is 575 g/mol. The molecule has 0 amide bonds. The first-order chi connectivity index (χ1) is 22.7. The molecule has 0 radical (unpaired) electrons. The van der Waals surface area contributed by atoms with Gasteiger partial charge in [0.25, 0.3) is 0 Å². The molecule has 0 fully saturated rings. The lowest BCUT2D eigenvalue weighted by atomic mass is 9.86. The summed E-state index contributed by atoms with van der Waals surface area (Å²) >= 11 is 1.85. The molecule has 2 aliphatic rings. The Bertz CT molecular complexity index is 2090. The zero-order chi connectivity index (χ0) is 31.0. The van der Waals surface area contributed by atoms with Gasteiger partial charge in [0.2, 0.25) is 0 Å². The van der Waals surface area contributed by atoms with E-state index >= 15 is 0 Å². The lowest BCUT2D eigenvalue weighted by molar-refractivity contribution is 0.705. The average molecular weight is 612 g/mol. The summed E-state index contributed by atoms with van der Waals surface area (Å²) in [6.45, 7) is 2.38. The minimum Gasteiger partial charge on any atom is -0.316 e. The predicted molar refractivity (Wildman–Crippen MR) is 199 cm³/mol. The number of benzene rings is 5. The largest absolute Gasteiger partial charge is 0.316 e. The molecule has 6 aromatic rings. The predicted octanol–water partition coefficient (Wildman–Crippen LogP) is 12.5. The maximum Gasteiger partial charge on any atom is 0.0534 e. The zero-order valence-corrected chi connectivity index (χ0v) is 27.2. The van der Waals surface area contributed by atoms with E-state index in [4.69, 9.17) is 0 Å². The second-order valence-corrected chi connectivity index (χ2v) is 13.3. The van der Waals surface area contributed by atoms with Crippen molar-refractivity contribution < 1.29 is 0 Å². The molecule has 8 rings (SSSR count). The van der Waals surface area contributed by atoms with Gasteiger partial charge in [-0.2, -0.15) is 0 Å². The van der Waals surface area contributed by atoms with Crippen LogP contribution in [0.4, 0.5) is 0 Å². The summed E-state index contributed by atoms with van der Waals surface area (Å²) in [6.07, 6.45) is 15.9. The van der Waals surface area contributed by atoms with Crippen LogP contribution in [0.3, 0.4) is 0 Å². The number of nitrogens with zero attached hydrogens (tertiary/aromatic N) is 1. The fraction of sp³-hybridized carbons (Fsp3) is 0.136. The van der Waals surface area contributed by atoms with Gasteiger partial charge >= 0.3 is 0 Å². The van der Waals surface area contributed by atoms with E-state index in [1.54, 1.807) is 0 Å². The monoisotopic (exact) mass is 611 g/mol. The topological polar surface area (TPSA) is 4.93 Å². The highest BCUT2D eigenvalue weighted by Crippen LogP contribution is 2.46. The van der Waals surface area contributed by atoms with Crippen LogP contribution >= 0.6 is 11.8 Å². The van der Waals surface area contributed by atoms with Crippen molar-refractivity contribution in [3.63, 3.8) is 0 Å². The van der Waals surface area contributed by atoms with Crippen LogP contribution in [0.25, 0.3) is 56.1 Å². The SMILES string of the molecule is CSc1ccc(-c2cc(-c3ccccc3)cc(-c3ccccc3)c2)cc1C1CC=CC=C1n1c2c(c3ccccc31)C=CCC2C. The molecule has 0 bridgehead atoms. The third-order valence-corrected chi connectivity index (χ3v) is 10.5. The molecule has 2 heteroatoms. The number of hydrogen-bond donors (Lipinski definition) is 0. The van der Waals surface area contributed by atoms with Gasteiger partial charge in [0.15, 0.2) is 0 Å². The fourth-order valence-corrected chi connectivity index (χ4v) is 8.08. The zero-order valence-electron chi connectivity index (χ0n) is 26.4. The Labute approximate surface area is 276 Å². The van der Waals surface area contributed by atoms with E-state index in [0.717, 1.165) is 12.8 Å². The van der Waals surface area contributed by atoms with Crippen LogP contribution in [-0.4, -0.2) is 10.8 Å². The minimum absolute atomic E-state index is 0.247. The molecule has 1 nitrogen and oxygen atoms in total. The molecule has 46 heavy (non-hydrogen) atoms. The standard InChI is InChI=1S/C44H37NS/c1-30-14-13-21-39-37-19-9-11-22-41(37)45(44(30)39)42-23-12-10-20-38(42)40-29-33(24-25-43(40)46-2)36-27-34(31-15-5-3-6-16-31)26-35(28-36)32-17-7-4-8-18-32/h3-13,15-19,21-30,38H,14,20H2,1-2H3. The lowest BCUT2D eigenvalue weighted by Gasteiger charge is -2.29. The first-order valence-electron chi connectivity index (χ1n) is 16.3. The molecule has 2 unspecified atom stereocenters. The molecule has 5 aromatic carbocycles. The quantitative estimate of drug-likeness (QED) is 0.170. The number of para-hydroxylation sites is 1. The molecule has 0 saturated heterocycles. The molecule has 224 valence electrons. The molecule has 1 heterocycles. The minimum atomic E-state index is 0.247. The first kappa shape index (κ1) is 28.7. The second kappa shape index (κ2) is 12.2. The molecule has 0 N–H and O–H groups in total. The average Bonchev–Trinajstić information content (AvgIpc) is 3.47. The van der Waals surface area contributed by atoms with Crippen molar-refractivity contribution in [3.8, 4) is 33.4 Å². The summed E-state index contributed by atoms with van der Waals surface area (Å²) in [4.78, 5) is 1.34. The summed E-state index contributed by atoms with van der Waals surface area (Å²) in [5.41, 5.74) is 14.4. The van der Waals surface area contributed by atoms with Gasteiger partial charge in [0, 0.05) is 39.1 Å². The van der Waals surface area contributed by atoms with Crippen molar-refractivity contribution in [3.05, 3.63) is 162 Å². The second-order valence-electron chi connectivity index (χ2n) is 12.5. The number of rotatable bonds is 6. The molecule has 0 aliphatic heterocycles. The van der Waals surface area contributed by atoms with Gasteiger partial charge in [-0.05, 0) is 101 Å². The smallest absolute Gasteiger partial charge is 0.0534 e. The van der Waals surface area contributed by atoms with Gasteiger partial charge in [-0.1, -0.05) is 116 Å². The molecule has 0 saturated carbocycles. The van der Waals surface area contributed by atoms with Crippen LogP contribution < -0.4 is 0 Å². The van der Waals surface area contributed by atoms with Crippen molar-refractivity contribution >= 4 is 34.4 Å². The van der Waals surface area contributed by atoms with Crippen molar-refractivity contribution in [2.24, 2.45) is 0 Å². The molecule has 2 aliphatic carbocycles. The van der Waals surface area contributed by atoms with Crippen molar-refractivity contribution in [2.45, 2.75) is 36.5 Å². The van der Waals surface area contributed by atoms with Crippen molar-refractivity contribution in [1.82, 2.24) is 4.57 Å². The van der Waals surface area contributed by atoms with Gasteiger partial charge in [0.1, 0.15) is 0 Å². The fourth-order valence-electron chi connectivity index (χ4n) is 7.44. The van der Waals surface area contributed by atoms with Crippen LogP contribution in [0, 0.1) is 0 Å². The Morgan fingerprint density at radius 3 is 1.98 bits per heavy atom. The van der Waals surface area contributed by atoms with E-state index in [1.807, 2.05) is 11.8 Å². The van der Waals surface area contributed by atoms with Crippen LogP contribution in [0.15, 0.2) is 151 Å². The van der Waals surface area contributed by atoms with E-state index < -0.39 is 0 Å². The van der Waals surface area contributed by atoms with E-state index in [2.05, 4.69) is 169 Å². The lowest BCUT2D eigenvalue weighted by Crippen LogP contribution is -2.15. The first-order valence-corrected chi connectivity index (χ1v) is 17.5. The Morgan fingerprint density at radius 1 is 0.630 bits per heavy atom. The summed E-state index contributed by atoms with van der Waals surface area (Å²) in [5.74, 6) is 0.708. The number of aromatic nitrogens is 1. The Morgan fingerprint density at radius 2 is 1.28 bits per heavy atom. The highest BCUT2D eigenvalue weighted by molar-refractivity contribution is 7.98. The molecular formula is C44H37NS.